The van der Waals surface area contributed by atoms with Crippen LogP contribution >= 0.6 is 21.6 Å². The summed E-state index contributed by atoms with van der Waals surface area (Å²) in [5.41, 5.74) is 6.35. The van der Waals surface area contributed by atoms with Gasteiger partial charge in [-0.2, -0.15) is 0 Å². The highest BCUT2D eigenvalue weighted by atomic mass is 33.1. The van der Waals surface area contributed by atoms with E-state index in [0.717, 1.165) is 55.7 Å². The SMILES string of the molecule is COc1cc[n+](-c2nc3cc4c(cc3[nH]2)C(C)(C)C(=O)C4(C)C)c(CSSc2ncnc3nc[nH]c23)c1C. The van der Waals surface area contributed by atoms with Gasteiger partial charge in [0.15, 0.2) is 16.9 Å². The molecule has 6 rings (SSSR count). The summed E-state index contributed by atoms with van der Waals surface area (Å²) in [7, 11) is 4.92. The second kappa shape index (κ2) is 8.81. The third kappa shape index (κ3) is 3.70. The molecule has 0 amide bonds. The summed E-state index contributed by atoms with van der Waals surface area (Å²) in [6.45, 7) is 10.1. The van der Waals surface area contributed by atoms with E-state index in [4.69, 9.17) is 9.72 Å². The Balaban J connectivity index is 1.38. The van der Waals surface area contributed by atoms with E-state index in [0.29, 0.717) is 11.4 Å². The number of ether oxygens (including phenoxy) is 1. The summed E-state index contributed by atoms with van der Waals surface area (Å²) in [6.07, 6.45) is 5.14. The van der Waals surface area contributed by atoms with Gasteiger partial charge in [-0.25, -0.2) is 24.5 Å². The fourth-order valence-corrected chi connectivity index (χ4v) is 7.63. The molecular weight excluding hydrogens is 518 g/mol. The first-order valence-electron chi connectivity index (χ1n) is 12.2. The van der Waals surface area contributed by atoms with Crippen molar-refractivity contribution in [2.45, 2.75) is 56.2 Å². The number of carbonyl (C=O) groups is 1. The van der Waals surface area contributed by atoms with Crippen LogP contribution in [0.2, 0.25) is 0 Å². The monoisotopic (exact) mass is 546 g/mol. The number of aromatic amines is 2. The average molecular weight is 547 g/mol. The van der Waals surface area contributed by atoms with Crippen LogP contribution in [0.4, 0.5) is 0 Å². The Morgan fingerprint density at radius 3 is 2.61 bits per heavy atom. The van der Waals surface area contributed by atoms with Crippen molar-refractivity contribution in [3.63, 3.8) is 0 Å². The summed E-state index contributed by atoms with van der Waals surface area (Å²) in [5, 5.41) is 0.836. The maximum atomic E-state index is 13.1. The van der Waals surface area contributed by atoms with E-state index in [1.165, 1.54) is 6.33 Å². The maximum Gasteiger partial charge on any atom is 0.402 e. The van der Waals surface area contributed by atoms with E-state index in [1.807, 2.05) is 40.0 Å². The molecule has 0 bridgehead atoms. The van der Waals surface area contributed by atoms with Crippen LogP contribution in [0.15, 0.2) is 42.1 Å². The first-order valence-corrected chi connectivity index (χ1v) is 14.6. The zero-order valence-corrected chi connectivity index (χ0v) is 23.7. The Kier molecular flexibility index (Phi) is 5.76. The topological polar surface area (TPSA) is 113 Å². The van der Waals surface area contributed by atoms with Crippen molar-refractivity contribution < 1.29 is 14.1 Å². The smallest absolute Gasteiger partial charge is 0.402 e. The van der Waals surface area contributed by atoms with Crippen LogP contribution in [-0.4, -0.2) is 42.8 Å². The lowest BCUT2D eigenvalue weighted by Gasteiger charge is -2.21. The molecule has 0 radical (unpaired) electrons. The standard InChI is InChI=1S/C27H28N7O2S2/c1-14-19(11-37-38-23-21-22(29-12-28-21)30-13-31-23)34(8-7-20(14)36-6)25-32-17-9-15-16(10-18(17)33-25)27(4,5)24(35)26(15,2)3/h7-10,12-13H,11H2,1-6H3,(H,32,33)(H,28,29,30,31)/q+1. The Hall–Kier alpha value is -3.44. The molecular formula is C27H28N7O2S2+. The Morgan fingerprint density at radius 1 is 1.08 bits per heavy atom. The molecule has 1 aliphatic rings. The van der Waals surface area contributed by atoms with Gasteiger partial charge in [-0.3, -0.25) is 4.79 Å². The van der Waals surface area contributed by atoms with Gasteiger partial charge in [0.05, 0.1) is 25.4 Å². The van der Waals surface area contributed by atoms with E-state index in [2.05, 4.69) is 48.5 Å². The van der Waals surface area contributed by atoms with Crippen molar-refractivity contribution >= 4 is 49.6 Å². The van der Waals surface area contributed by atoms with E-state index in [-0.39, 0.29) is 5.78 Å². The summed E-state index contributed by atoms with van der Waals surface area (Å²) in [5.74, 6) is 2.45. The first kappa shape index (κ1) is 24.9. The number of benzene rings is 1. The van der Waals surface area contributed by atoms with Crippen LogP contribution in [0.3, 0.4) is 0 Å². The summed E-state index contributed by atoms with van der Waals surface area (Å²) in [4.78, 5) is 37.6. The van der Waals surface area contributed by atoms with E-state index < -0.39 is 10.8 Å². The van der Waals surface area contributed by atoms with Gasteiger partial charge in [0.1, 0.15) is 33.8 Å². The lowest BCUT2D eigenvalue weighted by molar-refractivity contribution is -0.610. The molecule has 38 heavy (non-hydrogen) atoms. The zero-order valence-electron chi connectivity index (χ0n) is 22.0. The number of rotatable bonds is 6. The second-order valence-electron chi connectivity index (χ2n) is 10.5. The second-order valence-corrected chi connectivity index (χ2v) is 12.8. The highest BCUT2D eigenvalue weighted by molar-refractivity contribution is 8.76. The maximum absolute atomic E-state index is 13.1. The number of pyridine rings is 1. The predicted molar refractivity (Wildman–Crippen MR) is 149 cm³/mol. The van der Waals surface area contributed by atoms with Gasteiger partial charge in [-0.1, -0.05) is 15.8 Å². The zero-order chi connectivity index (χ0) is 26.8. The quantitative estimate of drug-likeness (QED) is 0.176. The van der Waals surface area contributed by atoms with E-state index in [9.17, 15) is 4.79 Å². The Morgan fingerprint density at radius 2 is 1.84 bits per heavy atom. The van der Waals surface area contributed by atoms with Crippen molar-refractivity contribution in [1.29, 1.82) is 0 Å². The molecule has 0 saturated carbocycles. The molecule has 1 aliphatic carbocycles. The van der Waals surface area contributed by atoms with Gasteiger partial charge < -0.3 is 9.72 Å². The number of H-pyrrole nitrogens is 2. The van der Waals surface area contributed by atoms with Crippen molar-refractivity contribution in [2.75, 3.05) is 7.11 Å². The van der Waals surface area contributed by atoms with Gasteiger partial charge >= 0.3 is 5.95 Å². The number of hydrogen-bond donors (Lipinski definition) is 2. The Bertz CT molecular complexity index is 1680. The minimum atomic E-state index is -0.546. The van der Waals surface area contributed by atoms with Gasteiger partial charge in [0.25, 0.3) is 0 Å². The molecule has 0 spiro atoms. The fourth-order valence-electron chi connectivity index (χ4n) is 5.44. The average Bonchev–Trinajstić information content (AvgIpc) is 3.57. The molecule has 11 heteroatoms. The molecule has 194 valence electrons. The molecule has 0 fully saturated rings. The predicted octanol–water partition coefficient (Wildman–Crippen LogP) is 4.90. The largest absolute Gasteiger partial charge is 0.496 e. The molecule has 1 aromatic carbocycles. The molecule has 0 atom stereocenters. The highest BCUT2D eigenvalue weighted by Crippen LogP contribution is 2.47. The number of nitrogens with one attached hydrogen (secondary N) is 2. The lowest BCUT2D eigenvalue weighted by Crippen LogP contribution is -2.37. The summed E-state index contributed by atoms with van der Waals surface area (Å²) >= 11 is 0. The van der Waals surface area contributed by atoms with Crippen molar-refractivity contribution in [3.05, 3.63) is 59.4 Å². The first-order chi connectivity index (χ1) is 18.1. The van der Waals surface area contributed by atoms with Gasteiger partial charge in [-0.15, -0.1) is 0 Å². The Labute approximate surface area is 227 Å². The molecule has 0 saturated heterocycles. The van der Waals surface area contributed by atoms with E-state index in [1.54, 1.807) is 35.0 Å². The van der Waals surface area contributed by atoms with Crippen LogP contribution in [0.5, 0.6) is 5.75 Å². The minimum Gasteiger partial charge on any atom is -0.496 e. The molecule has 5 aromatic rings. The number of ketones is 1. The van der Waals surface area contributed by atoms with Crippen molar-refractivity contribution in [3.8, 4) is 11.7 Å². The number of Topliss-reactive ketones (excluding diaryl/α,β-unsaturated/α-hetero) is 1. The normalized spacial score (nSPS) is 15.9. The third-order valence-electron chi connectivity index (χ3n) is 7.53. The van der Waals surface area contributed by atoms with Crippen molar-refractivity contribution in [1.82, 2.24) is 29.9 Å². The van der Waals surface area contributed by atoms with Crippen LogP contribution in [0.25, 0.3) is 28.1 Å². The number of fused-ring (bicyclic) bond motifs is 3. The number of hydrogen-bond acceptors (Lipinski definition) is 8. The number of carbonyl (C=O) groups excluding carboxylic acids is 1. The fraction of sp³-hybridized carbons (Fsp3) is 0.333. The van der Waals surface area contributed by atoms with Crippen LogP contribution in [0, 0.1) is 6.92 Å². The number of methoxy groups -OCH3 is 1. The molecule has 4 heterocycles. The van der Waals surface area contributed by atoms with E-state index >= 15 is 0 Å². The molecule has 0 aliphatic heterocycles. The van der Waals surface area contributed by atoms with Crippen LogP contribution in [-0.2, 0) is 21.4 Å². The number of nitrogens with zero attached hydrogens (tertiary/aromatic N) is 5. The third-order valence-corrected chi connectivity index (χ3v) is 9.69. The molecule has 9 nitrogen and oxygen atoms in total. The molecule has 2 N–H and O–H groups in total. The lowest BCUT2D eigenvalue weighted by atomic mass is 9.80. The minimum absolute atomic E-state index is 0.237. The summed E-state index contributed by atoms with van der Waals surface area (Å²) in [6, 6.07) is 6.12. The van der Waals surface area contributed by atoms with Gasteiger partial charge in [-0.05, 0) is 68.7 Å². The highest BCUT2D eigenvalue weighted by Gasteiger charge is 2.50. The summed E-state index contributed by atoms with van der Waals surface area (Å²) < 4.78 is 7.70. The van der Waals surface area contributed by atoms with Gasteiger partial charge in [0.2, 0.25) is 0 Å². The van der Waals surface area contributed by atoms with Gasteiger partial charge in [0, 0.05) is 22.5 Å². The van der Waals surface area contributed by atoms with Crippen LogP contribution in [0.1, 0.15) is 50.1 Å². The van der Waals surface area contributed by atoms with Crippen molar-refractivity contribution in [2.24, 2.45) is 0 Å². The molecule has 0 unspecified atom stereocenters. The van der Waals surface area contributed by atoms with Crippen LogP contribution < -0.4 is 9.30 Å². The number of imidazole rings is 2. The molecule has 4 aromatic heterocycles. The number of aromatic nitrogens is 7.